The maximum Gasteiger partial charge on any atom is 0.217 e. The summed E-state index contributed by atoms with van der Waals surface area (Å²) >= 11 is 0. The summed E-state index contributed by atoms with van der Waals surface area (Å²) in [6.07, 6.45) is 2.11. The van der Waals surface area contributed by atoms with Gasteiger partial charge in [-0.2, -0.15) is 5.26 Å². The average molecular weight is 169 g/mol. The van der Waals surface area contributed by atoms with E-state index in [9.17, 15) is 4.79 Å². The zero-order chi connectivity index (χ0) is 9.40. The molecule has 0 radical (unpaired) electrons. The molecule has 0 fully saturated rings. The van der Waals surface area contributed by atoms with Crippen molar-refractivity contribution in [3.63, 3.8) is 0 Å². The van der Waals surface area contributed by atoms with Crippen LogP contribution >= 0.6 is 0 Å². The van der Waals surface area contributed by atoms with Gasteiger partial charge in [0.1, 0.15) is 0 Å². The first kappa shape index (κ1) is 10.9. The van der Waals surface area contributed by atoms with Crippen LogP contribution in [-0.4, -0.2) is 18.5 Å². The smallest absolute Gasteiger partial charge is 0.217 e. The number of nitrogens with one attached hydrogen (secondary N) is 1. The van der Waals surface area contributed by atoms with Crippen LogP contribution in [0, 0.1) is 11.3 Å². The first-order valence-corrected chi connectivity index (χ1v) is 4.08. The van der Waals surface area contributed by atoms with E-state index in [-0.39, 0.29) is 11.9 Å². The van der Waals surface area contributed by atoms with Gasteiger partial charge >= 0.3 is 0 Å². The predicted molar refractivity (Wildman–Crippen MR) is 46.1 cm³/mol. The van der Waals surface area contributed by atoms with Crippen molar-refractivity contribution in [3.8, 4) is 6.07 Å². The second-order valence-electron chi connectivity index (χ2n) is 2.73. The summed E-state index contributed by atoms with van der Waals surface area (Å²) in [6.45, 7) is 2.57. The number of hydrogen-bond donors (Lipinski definition) is 2. The Hall–Kier alpha value is -1.08. The van der Waals surface area contributed by atoms with Gasteiger partial charge < -0.3 is 11.1 Å². The minimum atomic E-state index is -0.261. The highest BCUT2D eigenvalue weighted by atomic mass is 16.1. The molecule has 0 aromatic heterocycles. The molecular weight excluding hydrogens is 154 g/mol. The summed E-state index contributed by atoms with van der Waals surface area (Å²) in [5, 5.41) is 11.4. The fourth-order valence-corrected chi connectivity index (χ4v) is 0.788. The maximum atomic E-state index is 10.3. The third-order valence-corrected chi connectivity index (χ3v) is 1.49. The van der Waals surface area contributed by atoms with Gasteiger partial charge in [0.2, 0.25) is 5.91 Å². The van der Waals surface area contributed by atoms with Crippen molar-refractivity contribution in [1.82, 2.24) is 5.32 Å². The molecule has 0 spiro atoms. The van der Waals surface area contributed by atoms with Gasteiger partial charge in [-0.3, -0.25) is 4.79 Å². The van der Waals surface area contributed by atoms with E-state index in [1.807, 2.05) is 0 Å². The Labute approximate surface area is 72.7 Å². The molecule has 0 rings (SSSR count). The van der Waals surface area contributed by atoms with E-state index >= 15 is 0 Å². The van der Waals surface area contributed by atoms with E-state index in [0.29, 0.717) is 6.42 Å². The van der Waals surface area contributed by atoms with Crippen molar-refractivity contribution < 1.29 is 4.79 Å². The van der Waals surface area contributed by atoms with Crippen LogP contribution in [0.1, 0.15) is 26.2 Å². The van der Waals surface area contributed by atoms with Gasteiger partial charge in [-0.1, -0.05) is 0 Å². The maximum absolute atomic E-state index is 10.3. The minimum Gasteiger partial charge on any atom is -0.370 e. The van der Waals surface area contributed by atoms with Crippen LogP contribution in [-0.2, 0) is 4.79 Å². The number of carbonyl (C=O) groups is 1. The van der Waals surface area contributed by atoms with E-state index in [1.165, 1.54) is 0 Å². The third-order valence-electron chi connectivity index (χ3n) is 1.49. The van der Waals surface area contributed by atoms with Crippen LogP contribution in [0.5, 0.6) is 0 Å². The molecule has 4 nitrogen and oxygen atoms in total. The molecule has 0 aliphatic carbocycles. The van der Waals surface area contributed by atoms with Crippen molar-refractivity contribution in [1.29, 1.82) is 5.26 Å². The first-order valence-electron chi connectivity index (χ1n) is 4.08. The number of nitriles is 1. The Kier molecular flexibility index (Phi) is 6.02. The molecule has 1 amide bonds. The lowest BCUT2D eigenvalue weighted by Gasteiger charge is -2.04. The van der Waals surface area contributed by atoms with E-state index in [0.717, 1.165) is 19.4 Å². The molecule has 0 saturated carbocycles. The second kappa shape index (κ2) is 6.62. The van der Waals surface area contributed by atoms with Crippen LogP contribution in [0.3, 0.4) is 0 Å². The number of nitrogens with two attached hydrogens (primary N) is 1. The normalized spacial score (nSPS) is 12.0. The quantitative estimate of drug-likeness (QED) is 0.555. The molecule has 1 atom stereocenters. The van der Waals surface area contributed by atoms with Gasteiger partial charge in [-0.15, -0.1) is 0 Å². The number of carbonyl (C=O) groups excluding carboxylic acids is 1. The summed E-state index contributed by atoms with van der Waals surface area (Å²) < 4.78 is 0. The van der Waals surface area contributed by atoms with Crippen LogP contribution in [0.25, 0.3) is 0 Å². The van der Waals surface area contributed by atoms with Gasteiger partial charge in [0.15, 0.2) is 0 Å². The SMILES string of the molecule is CC(C#N)NCCCCC(N)=O. The molecule has 1 unspecified atom stereocenters. The molecule has 0 aliphatic heterocycles. The zero-order valence-corrected chi connectivity index (χ0v) is 7.34. The monoisotopic (exact) mass is 169 g/mol. The number of amides is 1. The average Bonchev–Trinajstić information content (AvgIpc) is 2.03. The Balaban J connectivity index is 3.12. The van der Waals surface area contributed by atoms with Crippen molar-refractivity contribution in [2.45, 2.75) is 32.2 Å². The molecule has 0 heterocycles. The topological polar surface area (TPSA) is 78.9 Å². The summed E-state index contributed by atoms with van der Waals surface area (Å²) in [4.78, 5) is 10.3. The lowest BCUT2D eigenvalue weighted by molar-refractivity contribution is -0.118. The van der Waals surface area contributed by atoms with Crippen molar-refractivity contribution in [3.05, 3.63) is 0 Å². The molecular formula is C8H15N3O. The fraction of sp³-hybridized carbons (Fsp3) is 0.750. The van der Waals surface area contributed by atoms with Gasteiger partial charge in [-0.25, -0.2) is 0 Å². The highest BCUT2D eigenvalue weighted by Crippen LogP contribution is 1.92. The van der Waals surface area contributed by atoms with E-state index in [1.54, 1.807) is 6.92 Å². The summed E-state index contributed by atoms with van der Waals surface area (Å²) in [6, 6.07) is 1.95. The van der Waals surface area contributed by atoms with Crippen molar-refractivity contribution in [2.75, 3.05) is 6.54 Å². The number of primary amides is 1. The van der Waals surface area contributed by atoms with E-state index in [4.69, 9.17) is 11.0 Å². The lowest BCUT2D eigenvalue weighted by atomic mass is 10.2. The molecule has 12 heavy (non-hydrogen) atoms. The van der Waals surface area contributed by atoms with E-state index < -0.39 is 0 Å². The van der Waals surface area contributed by atoms with Gasteiger partial charge in [0.05, 0.1) is 12.1 Å². The lowest BCUT2D eigenvalue weighted by Crippen LogP contribution is -2.25. The Morgan fingerprint density at radius 1 is 1.67 bits per heavy atom. The van der Waals surface area contributed by atoms with Crippen molar-refractivity contribution >= 4 is 5.91 Å². The molecule has 0 saturated heterocycles. The molecule has 3 N–H and O–H groups in total. The standard InChI is InChI=1S/C8H15N3O/c1-7(6-9)11-5-3-2-4-8(10)12/h7,11H,2-5H2,1H3,(H2,10,12). The second-order valence-corrected chi connectivity index (χ2v) is 2.73. The van der Waals surface area contributed by atoms with Gasteiger partial charge in [-0.05, 0) is 26.3 Å². The molecule has 0 bridgehead atoms. The van der Waals surface area contributed by atoms with Gasteiger partial charge in [0.25, 0.3) is 0 Å². The van der Waals surface area contributed by atoms with Crippen LogP contribution < -0.4 is 11.1 Å². The van der Waals surface area contributed by atoms with E-state index in [2.05, 4.69) is 11.4 Å². The first-order chi connectivity index (χ1) is 5.66. The largest absolute Gasteiger partial charge is 0.370 e. The predicted octanol–water partition coefficient (Wildman–Crippen LogP) is 0.144. The number of nitrogens with zero attached hydrogens (tertiary/aromatic N) is 1. The third kappa shape index (κ3) is 7.03. The molecule has 0 aromatic rings. The zero-order valence-electron chi connectivity index (χ0n) is 7.34. The van der Waals surface area contributed by atoms with Crippen LogP contribution in [0.2, 0.25) is 0 Å². The highest BCUT2D eigenvalue weighted by molar-refractivity contribution is 5.73. The number of unbranched alkanes of at least 4 members (excludes halogenated alkanes) is 1. The summed E-state index contributed by atoms with van der Waals surface area (Å²) in [7, 11) is 0. The minimum absolute atomic E-state index is 0.112. The Morgan fingerprint density at radius 3 is 2.83 bits per heavy atom. The summed E-state index contributed by atoms with van der Waals surface area (Å²) in [5.41, 5.74) is 4.95. The van der Waals surface area contributed by atoms with Crippen LogP contribution in [0.4, 0.5) is 0 Å². The number of hydrogen-bond acceptors (Lipinski definition) is 3. The molecule has 0 aromatic carbocycles. The molecule has 4 heteroatoms. The number of rotatable bonds is 6. The highest BCUT2D eigenvalue weighted by Gasteiger charge is 1.97. The summed E-state index contributed by atoms with van der Waals surface area (Å²) in [5.74, 6) is -0.261. The Bertz CT molecular complexity index is 174. The Morgan fingerprint density at radius 2 is 2.33 bits per heavy atom. The van der Waals surface area contributed by atoms with Gasteiger partial charge in [0, 0.05) is 6.42 Å². The molecule has 0 aliphatic rings. The molecule has 68 valence electrons. The fourth-order valence-electron chi connectivity index (χ4n) is 0.788. The van der Waals surface area contributed by atoms with Crippen LogP contribution in [0.15, 0.2) is 0 Å². The van der Waals surface area contributed by atoms with Crippen molar-refractivity contribution in [2.24, 2.45) is 5.73 Å².